The van der Waals surface area contributed by atoms with E-state index >= 15 is 0 Å². The summed E-state index contributed by atoms with van der Waals surface area (Å²) in [4.78, 5) is 30.6. The Morgan fingerprint density at radius 2 is 1.72 bits per heavy atom. The average molecular weight is 341 g/mol. The number of hydrogen-bond acceptors (Lipinski definition) is 3. The molecule has 2 aromatic rings. The maximum absolute atomic E-state index is 12.0. The van der Waals surface area contributed by atoms with Gasteiger partial charge in [0, 0.05) is 11.6 Å². The highest BCUT2D eigenvalue weighted by atomic mass is 16.2. The normalized spacial score (nSPS) is 14.8. The first-order valence-electron chi connectivity index (χ1n) is 8.42. The molecule has 2 amide bonds. The fourth-order valence-corrected chi connectivity index (χ4v) is 2.88. The quantitative estimate of drug-likeness (QED) is 0.603. The number of quaternary nitrogens is 1. The number of amides is 2. The fourth-order valence-electron chi connectivity index (χ4n) is 2.88. The van der Waals surface area contributed by atoms with Gasteiger partial charge in [-0.15, -0.1) is 0 Å². The van der Waals surface area contributed by atoms with Crippen molar-refractivity contribution in [3.63, 3.8) is 0 Å². The van der Waals surface area contributed by atoms with Gasteiger partial charge >= 0.3 is 0 Å². The van der Waals surface area contributed by atoms with E-state index in [1.165, 1.54) is 4.90 Å². The molecule has 1 saturated heterocycles. The molecule has 1 aromatic heterocycles. The van der Waals surface area contributed by atoms with Crippen molar-refractivity contribution in [1.82, 2.24) is 10.9 Å². The van der Waals surface area contributed by atoms with Gasteiger partial charge in [0.2, 0.25) is 0 Å². The Morgan fingerprint density at radius 1 is 1.00 bits per heavy atom. The van der Waals surface area contributed by atoms with Crippen molar-refractivity contribution in [3.05, 3.63) is 60.3 Å². The van der Waals surface area contributed by atoms with E-state index in [1.54, 1.807) is 24.3 Å². The van der Waals surface area contributed by atoms with Crippen LogP contribution in [0.3, 0.4) is 0 Å². The molecule has 0 bridgehead atoms. The minimum absolute atomic E-state index is 0.181. The SMILES string of the molecule is O=C(C[NH+]1CCN(c2cccc[nH+]2)CC1)NNC(=O)c1ccccc1. The zero-order valence-corrected chi connectivity index (χ0v) is 14.0. The largest absolute Gasteiger partial charge is 0.321 e. The monoisotopic (exact) mass is 341 g/mol. The number of anilines is 1. The highest BCUT2D eigenvalue weighted by Gasteiger charge is 2.27. The Hall–Kier alpha value is -2.93. The van der Waals surface area contributed by atoms with Crippen molar-refractivity contribution in [2.75, 3.05) is 37.6 Å². The lowest BCUT2D eigenvalue weighted by Gasteiger charge is -2.27. The third-order valence-corrected chi connectivity index (χ3v) is 4.27. The van der Waals surface area contributed by atoms with Gasteiger partial charge in [-0.2, -0.15) is 0 Å². The van der Waals surface area contributed by atoms with Gasteiger partial charge in [-0.25, -0.2) is 4.98 Å². The Morgan fingerprint density at radius 3 is 2.40 bits per heavy atom. The predicted molar refractivity (Wildman–Crippen MR) is 92.8 cm³/mol. The molecule has 0 spiro atoms. The molecule has 1 aliphatic heterocycles. The molecule has 130 valence electrons. The van der Waals surface area contributed by atoms with Crippen LogP contribution < -0.4 is 25.6 Å². The van der Waals surface area contributed by atoms with Gasteiger partial charge in [-0.05, 0) is 18.2 Å². The minimum atomic E-state index is -0.312. The molecule has 0 unspecified atom stereocenters. The van der Waals surface area contributed by atoms with Crippen LogP contribution in [0.5, 0.6) is 0 Å². The lowest BCUT2D eigenvalue weighted by molar-refractivity contribution is -0.892. The molecule has 0 atom stereocenters. The molecule has 7 nitrogen and oxygen atoms in total. The van der Waals surface area contributed by atoms with Crippen LogP contribution in [0, 0.1) is 0 Å². The fraction of sp³-hybridized carbons (Fsp3) is 0.278. The van der Waals surface area contributed by atoms with E-state index in [4.69, 9.17) is 0 Å². The molecular formula is C18H23N5O2+2. The van der Waals surface area contributed by atoms with Crippen LogP contribution in [0.2, 0.25) is 0 Å². The second-order valence-corrected chi connectivity index (χ2v) is 6.03. The van der Waals surface area contributed by atoms with Gasteiger partial charge in [0.05, 0.1) is 6.20 Å². The van der Waals surface area contributed by atoms with Crippen molar-refractivity contribution in [3.8, 4) is 0 Å². The van der Waals surface area contributed by atoms with Gasteiger partial charge < -0.3 is 4.90 Å². The summed E-state index contributed by atoms with van der Waals surface area (Å²) in [5, 5.41) is 0. The third-order valence-electron chi connectivity index (χ3n) is 4.27. The minimum Gasteiger partial charge on any atom is -0.321 e. The second kappa shape index (κ2) is 8.25. The zero-order valence-electron chi connectivity index (χ0n) is 14.0. The molecule has 4 N–H and O–H groups in total. The standard InChI is InChI=1S/C18H21N5O2/c24-17(20-21-18(25)15-6-2-1-3-7-15)14-22-10-12-23(13-11-22)16-8-4-5-9-19-16/h1-9H,10-14H2,(H,20,24)(H,21,25)/p+2. The molecule has 3 rings (SSSR count). The summed E-state index contributed by atoms with van der Waals surface area (Å²) < 4.78 is 0. The zero-order chi connectivity index (χ0) is 17.5. The Balaban J connectivity index is 1.40. The van der Waals surface area contributed by atoms with Crippen LogP contribution in [0.4, 0.5) is 5.82 Å². The lowest BCUT2D eigenvalue weighted by Crippen LogP contribution is -3.16. The predicted octanol–water partition coefficient (Wildman–Crippen LogP) is -1.33. The molecule has 7 heteroatoms. The number of nitrogens with one attached hydrogen (secondary N) is 4. The van der Waals surface area contributed by atoms with Gasteiger partial charge in [-0.3, -0.25) is 25.3 Å². The van der Waals surface area contributed by atoms with E-state index in [1.807, 2.05) is 24.4 Å². The second-order valence-electron chi connectivity index (χ2n) is 6.03. The number of benzene rings is 1. The number of aromatic amines is 1. The first-order valence-corrected chi connectivity index (χ1v) is 8.42. The molecule has 1 aliphatic rings. The number of carbonyl (C=O) groups excluding carboxylic acids is 2. The Bertz CT molecular complexity index is 700. The first kappa shape index (κ1) is 16.9. The van der Waals surface area contributed by atoms with Crippen molar-refractivity contribution in [2.24, 2.45) is 0 Å². The van der Waals surface area contributed by atoms with Gasteiger partial charge in [-0.1, -0.05) is 24.3 Å². The lowest BCUT2D eigenvalue weighted by atomic mass is 10.2. The summed E-state index contributed by atoms with van der Waals surface area (Å²) in [5.74, 6) is 0.605. The Labute approximate surface area is 146 Å². The van der Waals surface area contributed by atoms with Crippen molar-refractivity contribution in [1.29, 1.82) is 0 Å². The number of piperazine rings is 1. The van der Waals surface area contributed by atoms with Crippen molar-refractivity contribution in [2.45, 2.75) is 0 Å². The summed E-state index contributed by atoms with van der Waals surface area (Å²) in [7, 11) is 0. The molecule has 0 aliphatic carbocycles. The highest BCUT2D eigenvalue weighted by Crippen LogP contribution is 2.04. The smallest absolute Gasteiger partial charge is 0.293 e. The maximum atomic E-state index is 12.0. The molecule has 1 aromatic carbocycles. The number of pyridine rings is 1. The van der Waals surface area contributed by atoms with Crippen LogP contribution in [-0.4, -0.2) is 44.5 Å². The number of aromatic nitrogens is 1. The van der Waals surface area contributed by atoms with Crippen LogP contribution in [0.1, 0.15) is 10.4 Å². The molecule has 25 heavy (non-hydrogen) atoms. The summed E-state index contributed by atoms with van der Waals surface area (Å²) in [6.07, 6.45) is 1.91. The van der Waals surface area contributed by atoms with E-state index < -0.39 is 0 Å². The first-order chi connectivity index (χ1) is 12.2. The Kier molecular flexibility index (Phi) is 5.58. The number of nitrogens with zero attached hydrogens (tertiary/aromatic N) is 1. The number of carbonyl (C=O) groups is 2. The topological polar surface area (TPSA) is 80.0 Å². The van der Waals surface area contributed by atoms with Gasteiger partial charge in [0.1, 0.15) is 26.2 Å². The van der Waals surface area contributed by atoms with Crippen molar-refractivity contribution < 1.29 is 19.5 Å². The summed E-state index contributed by atoms with van der Waals surface area (Å²) >= 11 is 0. The van der Waals surface area contributed by atoms with E-state index in [-0.39, 0.29) is 11.8 Å². The van der Waals surface area contributed by atoms with Crippen LogP contribution in [-0.2, 0) is 4.79 Å². The van der Waals surface area contributed by atoms with E-state index in [9.17, 15) is 9.59 Å². The van der Waals surface area contributed by atoms with E-state index in [0.29, 0.717) is 12.1 Å². The average Bonchev–Trinajstić information content (AvgIpc) is 2.68. The number of hydrogen-bond donors (Lipinski definition) is 3. The molecule has 0 saturated carbocycles. The number of rotatable bonds is 4. The molecular weight excluding hydrogens is 318 g/mol. The maximum Gasteiger partial charge on any atom is 0.293 e. The number of hydrazine groups is 1. The summed E-state index contributed by atoms with van der Waals surface area (Å²) in [6, 6.07) is 14.8. The molecule has 0 radical (unpaired) electrons. The highest BCUT2D eigenvalue weighted by molar-refractivity contribution is 5.95. The molecule has 1 fully saturated rings. The van der Waals surface area contributed by atoms with Crippen molar-refractivity contribution >= 4 is 17.6 Å². The third kappa shape index (κ3) is 4.77. The van der Waals surface area contributed by atoms with Crippen LogP contribution in [0.15, 0.2) is 54.7 Å². The van der Waals surface area contributed by atoms with E-state index in [0.717, 1.165) is 32.0 Å². The number of H-pyrrole nitrogens is 1. The van der Waals surface area contributed by atoms with Gasteiger partial charge in [0.15, 0.2) is 6.54 Å². The summed E-state index contributed by atoms with van der Waals surface area (Å²) in [6.45, 7) is 3.88. The van der Waals surface area contributed by atoms with Gasteiger partial charge in [0.25, 0.3) is 17.6 Å². The van der Waals surface area contributed by atoms with Crippen LogP contribution in [0.25, 0.3) is 0 Å². The van der Waals surface area contributed by atoms with Crippen LogP contribution >= 0.6 is 0 Å². The summed E-state index contributed by atoms with van der Waals surface area (Å²) in [5.41, 5.74) is 5.46. The van der Waals surface area contributed by atoms with E-state index in [2.05, 4.69) is 26.8 Å². The molecule has 2 heterocycles.